The van der Waals surface area contributed by atoms with Gasteiger partial charge in [-0.3, -0.25) is 4.98 Å². The van der Waals surface area contributed by atoms with Crippen molar-refractivity contribution < 1.29 is 5.21 Å². The Hall–Kier alpha value is -3.10. The van der Waals surface area contributed by atoms with Gasteiger partial charge in [0.05, 0.1) is 0 Å². The minimum Gasteiger partial charge on any atom is -0.409 e. The maximum atomic E-state index is 8.55. The van der Waals surface area contributed by atoms with Gasteiger partial charge in [-0.05, 0) is 12.1 Å². The van der Waals surface area contributed by atoms with Gasteiger partial charge in [0.2, 0.25) is 11.7 Å². The fourth-order valence-corrected chi connectivity index (χ4v) is 1.51. The van der Waals surface area contributed by atoms with E-state index in [2.05, 4.69) is 30.2 Å². The summed E-state index contributed by atoms with van der Waals surface area (Å²) in [7, 11) is 0. The SMILES string of the molecule is NC(=NO)c1ncn(-c2ccc3nccnc3n2)n1. The molecule has 0 spiro atoms. The molecular weight excluding hydrogens is 248 g/mol. The average Bonchev–Trinajstić information content (AvgIpc) is 2.95. The van der Waals surface area contributed by atoms with Crippen LogP contribution in [0.4, 0.5) is 0 Å². The van der Waals surface area contributed by atoms with E-state index in [0.717, 1.165) is 0 Å². The van der Waals surface area contributed by atoms with Crippen LogP contribution in [-0.2, 0) is 0 Å². The third kappa shape index (κ3) is 1.92. The van der Waals surface area contributed by atoms with Gasteiger partial charge in [0.1, 0.15) is 11.8 Å². The van der Waals surface area contributed by atoms with Gasteiger partial charge in [0.25, 0.3) is 0 Å². The van der Waals surface area contributed by atoms with Crippen molar-refractivity contribution in [2.24, 2.45) is 10.9 Å². The Kier molecular flexibility index (Phi) is 2.49. The number of pyridine rings is 1. The van der Waals surface area contributed by atoms with Crippen LogP contribution in [0.15, 0.2) is 36.0 Å². The molecule has 9 heteroatoms. The number of amidine groups is 1. The molecule has 3 heterocycles. The first-order valence-electron chi connectivity index (χ1n) is 5.25. The van der Waals surface area contributed by atoms with E-state index in [4.69, 9.17) is 10.9 Å². The summed E-state index contributed by atoms with van der Waals surface area (Å²) in [6, 6.07) is 3.50. The molecule has 3 N–H and O–H groups in total. The summed E-state index contributed by atoms with van der Waals surface area (Å²) in [5.74, 6) is 0.459. The molecule has 0 saturated heterocycles. The molecule has 0 saturated carbocycles. The van der Waals surface area contributed by atoms with Crippen LogP contribution < -0.4 is 5.73 Å². The number of hydrogen-bond acceptors (Lipinski definition) is 7. The molecule has 0 aromatic carbocycles. The molecule has 0 aliphatic heterocycles. The number of oxime groups is 1. The Morgan fingerprint density at radius 3 is 2.89 bits per heavy atom. The first-order valence-corrected chi connectivity index (χ1v) is 5.25. The quantitative estimate of drug-likeness (QED) is 0.279. The van der Waals surface area contributed by atoms with Gasteiger partial charge in [-0.2, -0.15) is 0 Å². The second-order valence-corrected chi connectivity index (χ2v) is 3.57. The van der Waals surface area contributed by atoms with Crippen LogP contribution in [0.1, 0.15) is 5.82 Å². The summed E-state index contributed by atoms with van der Waals surface area (Å²) < 4.78 is 1.40. The Balaban J connectivity index is 2.06. The highest BCUT2D eigenvalue weighted by Gasteiger charge is 2.08. The number of rotatable bonds is 2. The molecule has 9 nitrogen and oxygen atoms in total. The zero-order valence-electron chi connectivity index (χ0n) is 9.54. The van der Waals surface area contributed by atoms with E-state index in [1.54, 1.807) is 24.5 Å². The van der Waals surface area contributed by atoms with Crippen molar-refractivity contribution >= 4 is 17.0 Å². The summed E-state index contributed by atoms with van der Waals surface area (Å²) in [6.45, 7) is 0. The van der Waals surface area contributed by atoms with E-state index in [9.17, 15) is 0 Å². The number of nitrogens with zero attached hydrogens (tertiary/aromatic N) is 7. The largest absolute Gasteiger partial charge is 0.409 e. The Morgan fingerprint density at radius 1 is 1.21 bits per heavy atom. The molecule has 0 amide bonds. The third-order valence-electron chi connectivity index (χ3n) is 2.38. The smallest absolute Gasteiger partial charge is 0.220 e. The molecule has 3 rings (SSSR count). The van der Waals surface area contributed by atoms with Gasteiger partial charge < -0.3 is 10.9 Å². The lowest BCUT2D eigenvalue weighted by Crippen LogP contribution is -2.15. The standard InChI is InChI=1S/C10H8N8O/c11-8(17-19)10-14-5-18(16-10)7-2-1-6-9(15-7)13-4-3-12-6/h1-5,19H,(H2,11,17). The van der Waals surface area contributed by atoms with Crippen molar-refractivity contribution in [1.82, 2.24) is 29.7 Å². The maximum Gasteiger partial charge on any atom is 0.220 e. The van der Waals surface area contributed by atoms with Crippen molar-refractivity contribution in [3.8, 4) is 5.82 Å². The normalized spacial score (nSPS) is 11.9. The number of hydrogen-bond donors (Lipinski definition) is 2. The lowest BCUT2D eigenvalue weighted by molar-refractivity contribution is 0.318. The predicted octanol–water partition coefficient (Wildman–Crippen LogP) is -0.300. The van der Waals surface area contributed by atoms with Crippen LogP contribution in [-0.4, -0.2) is 40.8 Å². The lowest BCUT2D eigenvalue weighted by Gasteiger charge is -2.00. The van der Waals surface area contributed by atoms with Crippen LogP contribution in [0.5, 0.6) is 0 Å². The molecule has 0 aliphatic carbocycles. The van der Waals surface area contributed by atoms with Crippen molar-refractivity contribution in [2.75, 3.05) is 0 Å². The summed E-state index contributed by atoms with van der Waals surface area (Å²) in [4.78, 5) is 16.4. The van der Waals surface area contributed by atoms with E-state index in [1.807, 2.05) is 0 Å². The van der Waals surface area contributed by atoms with Gasteiger partial charge in [-0.1, -0.05) is 5.16 Å². The topological polar surface area (TPSA) is 128 Å². The minimum atomic E-state index is -0.167. The summed E-state index contributed by atoms with van der Waals surface area (Å²) >= 11 is 0. The first-order chi connectivity index (χ1) is 9.28. The summed E-state index contributed by atoms with van der Waals surface area (Å²) in [5.41, 5.74) is 6.58. The maximum absolute atomic E-state index is 8.55. The lowest BCUT2D eigenvalue weighted by atomic mass is 10.4. The molecule has 0 bridgehead atoms. The molecule has 19 heavy (non-hydrogen) atoms. The van der Waals surface area contributed by atoms with E-state index in [1.165, 1.54) is 11.0 Å². The first kappa shape index (κ1) is 11.0. The molecule has 3 aromatic rings. The van der Waals surface area contributed by atoms with Gasteiger partial charge in [-0.15, -0.1) is 5.10 Å². The van der Waals surface area contributed by atoms with Gasteiger partial charge in [-0.25, -0.2) is 19.6 Å². The molecule has 0 aliphatic rings. The molecule has 0 fully saturated rings. The van der Waals surface area contributed by atoms with E-state index < -0.39 is 0 Å². The predicted molar refractivity (Wildman–Crippen MR) is 64.8 cm³/mol. The van der Waals surface area contributed by atoms with Crippen LogP contribution >= 0.6 is 0 Å². The van der Waals surface area contributed by atoms with Crippen LogP contribution in [0, 0.1) is 0 Å². The highest BCUT2D eigenvalue weighted by Crippen LogP contribution is 2.09. The second-order valence-electron chi connectivity index (χ2n) is 3.57. The van der Waals surface area contributed by atoms with E-state index >= 15 is 0 Å². The highest BCUT2D eigenvalue weighted by atomic mass is 16.4. The van der Waals surface area contributed by atoms with Crippen molar-refractivity contribution in [3.05, 3.63) is 36.7 Å². The summed E-state index contributed by atoms with van der Waals surface area (Å²) in [6.07, 6.45) is 4.57. The Morgan fingerprint density at radius 2 is 2.05 bits per heavy atom. The van der Waals surface area contributed by atoms with Crippen molar-refractivity contribution in [1.29, 1.82) is 0 Å². The zero-order valence-corrected chi connectivity index (χ0v) is 9.54. The van der Waals surface area contributed by atoms with Gasteiger partial charge >= 0.3 is 0 Å². The van der Waals surface area contributed by atoms with Crippen molar-refractivity contribution in [2.45, 2.75) is 0 Å². The summed E-state index contributed by atoms with van der Waals surface area (Å²) in [5, 5.41) is 15.4. The number of nitrogens with two attached hydrogens (primary N) is 1. The molecule has 3 aromatic heterocycles. The molecule has 0 radical (unpaired) electrons. The zero-order chi connectivity index (χ0) is 13.2. The van der Waals surface area contributed by atoms with Crippen LogP contribution in [0.3, 0.4) is 0 Å². The fraction of sp³-hybridized carbons (Fsp3) is 0. The highest BCUT2D eigenvalue weighted by molar-refractivity contribution is 5.93. The molecular formula is C10H8N8O. The fourth-order valence-electron chi connectivity index (χ4n) is 1.51. The molecule has 0 atom stereocenters. The minimum absolute atomic E-state index is 0.114. The van der Waals surface area contributed by atoms with Gasteiger partial charge in [0, 0.05) is 12.4 Å². The van der Waals surface area contributed by atoms with Crippen molar-refractivity contribution in [3.63, 3.8) is 0 Å². The Bertz CT molecular complexity index is 765. The van der Waals surface area contributed by atoms with E-state index in [-0.39, 0.29) is 11.7 Å². The van der Waals surface area contributed by atoms with Crippen LogP contribution in [0.25, 0.3) is 17.0 Å². The van der Waals surface area contributed by atoms with Gasteiger partial charge in [0.15, 0.2) is 11.5 Å². The van der Waals surface area contributed by atoms with Crippen LogP contribution in [0.2, 0.25) is 0 Å². The monoisotopic (exact) mass is 256 g/mol. The number of aromatic nitrogens is 6. The average molecular weight is 256 g/mol. The Labute approximate surface area is 106 Å². The van der Waals surface area contributed by atoms with E-state index in [0.29, 0.717) is 17.0 Å². The molecule has 0 unspecified atom stereocenters. The number of fused-ring (bicyclic) bond motifs is 1. The second kappa shape index (κ2) is 4.29. The molecule has 94 valence electrons. The third-order valence-corrected chi connectivity index (χ3v) is 2.38.